The van der Waals surface area contributed by atoms with Crippen molar-refractivity contribution in [3.05, 3.63) is 29.8 Å². The maximum atomic E-state index is 12.4. The first-order valence-electron chi connectivity index (χ1n) is 6.85. The second kappa shape index (κ2) is 6.97. The van der Waals surface area contributed by atoms with Crippen molar-refractivity contribution < 1.29 is 27.8 Å². The number of hydrogen-bond donors (Lipinski definition) is 3. The molecular formula is C14H17F3N2O3. The van der Waals surface area contributed by atoms with Gasteiger partial charge in [-0.25, -0.2) is 0 Å². The summed E-state index contributed by atoms with van der Waals surface area (Å²) >= 11 is 0. The van der Waals surface area contributed by atoms with Gasteiger partial charge in [0.25, 0.3) is 0 Å². The van der Waals surface area contributed by atoms with E-state index in [1.807, 2.05) is 0 Å². The Hall–Kier alpha value is -1.80. The molecule has 0 bridgehead atoms. The van der Waals surface area contributed by atoms with E-state index in [0.29, 0.717) is 18.7 Å². The Kier molecular flexibility index (Phi) is 5.25. The third-order valence-electron chi connectivity index (χ3n) is 3.28. The summed E-state index contributed by atoms with van der Waals surface area (Å²) in [4.78, 5) is 11.7. The fraction of sp³-hybridized carbons (Fsp3) is 0.500. The Morgan fingerprint density at radius 3 is 2.59 bits per heavy atom. The average Bonchev–Trinajstić information content (AvgIpc) is 2.89. The van der Waals surface area contributed by atoms with Crippen molar-refractivity contribution in [2.75, 3.05) is 19.7 Å². The van der Waals surface area contributed by atoms with Crippen molar-refractivity contribution in [3.63, 3.8) is 0 Å². The quantitative estimate of drug-likeness (QED) is 0.706. The first kappa shape index (κ1) is 16.6. The van der Waals surface area contributed by atoms with Gasteiger partial charge in [-0.3, -0.25) is 4.79 Å². The van der Waals surface area contributed by atoms with Gasteiger partial charge in [-0.05, 0) is 30.7 Å². The summed E-state index contributed by atoms with van der Waals surface area (Å²) < 4.78 is 42.4. The van der Waals surface area contributed by atoms with Crippen LogP contribution in [0.25, 0.3) is 0 Å². The van der Waals surface area contributed by atoms with Crippen LogP contribution in [0.3, 0.4) is 0 Å². The zero-order valence-electron chi connectivity index (χ0n) is 11.7. The summed E-state index contributed by atoms with van der Waals surface area (Å²) in [6.07, 6.45) is -4.52. The number of alkyl halides is 3. The lowest BCUT2D eigenvalue weighted by Crippen LogP contribution is -2.41. The molecule has 0 aliphatic carbocycles. The minimum absolute atomic E-state index is 0.145. The highest BCUT2D eigenvalue weighted by atomic mass is 19.4. The van der Waals surface area contributed by atoms with E-state index in [1.54, 1.807) is 0 Å². The molecule has 1 amide bonds. The lowest BCUT2D eigenvalue weighted by molar-refractivity contribution is -0.137. The third kappa shape index (κ3) is 4.60. The van der Waals surface area contributed by atoms with Crippen LogP contribution in [0.5, 0.6) is 5.75 Å². The van der Waals surface area contributed by atoms with Crippen LogP contribution < -0.4 is 15.4 Å². The highest BCUT2D eigenvalue weighted by Gasteiger charge is 2.30. The zero-order chi connectivity index (χ0) is 16.2. The molecular weight excluding hydrogens is 301 g/mol. The molecule has 1 aliphatic heterocycles. The van der Waals surface area contributed by atoms with Crippen LogP contribution in [0.15, 0.2) is 24.3 Å². The summed E-state index contributed by atoms with van der Waals surface area (Å²) in [6, 6.07) is 3.94. The highest BCUT2D eigenvalue weighted by molar-refractivity contribution is 5.82. The Balaban J connectivity index is 1.69. The molecule has 0 aromatic heterocycles. The van der Waals surface area contributed by atoms with Crippen molar-refractivity contribution in [3.8, 4) is 5.75 Å². The number of rotatable bonds is 5. The normalized spacial score (nSPS) is 21.6. The molecule has 8 heteroatoms. The fourth-order valence-corrected chi connectivity index (χ4v) is 2.12. The second-order valence-corrected chi connectivity index (χ2v) is 5.01. The van der Waals surface area contributed by atoms with Crippen LogP contribution in [0.1, 0.15) is 12.0 Å². The molecule has 0 radical (unpaired) electrons. The van der Waals surface area contributed by atoms with E-state index < -0.39 is 23.9 Å². The van der Waals surface area contributed by atoms with Crippen LogP contribution in [0, 0.1) is 0 Å². The number of halogens is 3. The molecule has 5 nitrogen and oxygen atoms in total. The smallest absolute Gasteiger partial charge is 0.416 e. The minimum atomic E-state index is -4.37. The number of benzene rings is 1. The lowest BCUT2D eigenvalue weighted by Gasteiger charge is -2.12. The predicted octanol–water partition coefficient (Wildman–Crippen LogP) is 0.923. The summed E-state index contributed by atoms with van der Waals surface area (Å²) in [5.41, 5.74) is -0.737. The van der Waals surface area contributed by atoms with E-state index in [2.05, 4.69) is 10.6 Å². The number of aliphatic hydroxyl groups excluding tert-OH is 1. The van der Waals surface area contributed by atoms with Gasteiger partial charge in [0.2, 0.25) is 5.91 Å². The van der Waals surface area contributed by atoms with Gasteiger partial charge in [0.15, 0.2) is 0 Å². The van der Waals surface area contributed by atoms with E-state index in [4.69, 9.17) is 4.74 Å². The van der Waals surface area contributed by atoms with E-state index in [1.165, 1.54) is 12.1 Å². The van der Waals surface area contributed by atoms with Crippen LogP contribution in [0.4, 0.5) is 13.2 Å². The number of β-amino-alcohol motifs (C(OH)–C–C–N with tert-alkyl or cyclic N) is 1. The van der Waals surface area contributed by atoms with E-state index in [9.17, 15) is 23.1 Å². The maximum Gasteiger partial charge on any atom is 0.416 e. The van der Waals surface area contributed by atoms with Crippen molar-refractivity contribution in [2.24, 2.45) is 0 Å². The summed E-state index contributed by atoms with van der Waals surface area (Å²) in [5, 5.41) is 14.8. The highest BCUT2D eigenvalue weighted by Crippen LogP contribution is 2.30. The monoisotopic (exact) mass is 318 g/mol. The topological polar surface area (TPSA) is 70.6 Å². The first-order chi connectivity index (χ1) is 10.4. The largest absolute Gasteiger partial charge is 0.492 e. The van der Waals surface area contributed by atoms with E-state index in [-0.39, 0.29) is 19.1 Å². The van der Waals surface area contributed by atoms with Gasteiger partial charge < -0.3 is 20.5 Å². The Morgan fingerprint density at radius 1 is 1.36 bits per heavy atom. The molecule has 1 fully saturated rings. The molecule has 1 aliphatic rings. The van der Waals surface area contributed by atoms with Crippen LogP contribution in [-0.4, -0.2) is 42.9 Å². The Morgan fingerprint density at radius 2 is 2.05 bits per heavy atom. The van der Waals surface area contributed by atoms with Crippen molar-refractivity contribution in [1.82, 2.24) is 10.6 Å². The molecule has 2 rings (SSSR count). The molecule has 122 valence electrons. The second-order valence-electron chi connectivity index (χ2n) is 5.01. The van der Waals surface area contributed by atoms with Gasteiger partial charge in [0.1, 0.15) is 12.4 Å². The molecule has 22 heavy (non-hydrogen) atoms. The summed E-state index contributed by atoms with van der Waals surface area (Å²) in [5.74, 6) is 0.0734. The zero-order valence-corrected chi connectivity index (χ0v) is 11.7. The van der Waals surface area contributed by atoms with E-state index in [0.717, 1.165) is 12.1 Å². The molecule has 3 N–H and O–H groups in total. The minimum Gasteiger partial charge on any atom is -0.492 e. The number of aliphatic hydroxyl groups is 1. The third-order valence-corrected chi connectivity index (χ3v) is 3.28. The SMILES string of the molecule is O=C(NCCOc1ccc(C(F)(F)F)cc1)C1CC(O)CN1. The number of amides is 1. The first-order valence-corrected chi connectivity index (χ1v) is 6.85. The molecule has 2 atom stereocenters. The number of carbonyl (C=O) groups excluding carboxylic acids is 1. The molecule has 0 saturated carbocycles. The molecule has 2 unspecified atom stereocenters. The van der Waals surface area contributed by atoms with Gasteiger partial charge in [-0.1, -0.05) is 0 Å². The Bertz CT molecular complexity index is 505. The number of nitrogens with one attached hydrogen (secondary N) is 2. The Labute approximate surface area is 125 Å². The van der Waals surface area contributed by atoms with Crippen molar-refractivity contribution in [1.29, 1.82) is 0 Å². The number of carbonyl (C=O) groups is 1. The summed E-state index contributed by atoms with van der Waals surface area (Å²) in [7, 11) is 0. The standard InChI is InChI=1S/C14H17F3N2O3/c15-14(16,17)9-1-3-11(4-2-9)22-6-5-18-13(21)12-7-10(20)8-19-12/h1-4,10,12,19-20H,5-8H2,(H,18,21). The number of ether oxygens (including phenoxy) is 1. The van der Waals surface area contributed by atoms with Crippen molar-refractivity contribution >= 4 is 5.91 Å². The van der Waals surface area contributed by atoms with Gasteiger partial charge >= 0.3 is 6.18 Å². The fourth-order valence-electron chi connectivity index (χ4n) is 2.12. The van der Waals surface area contributed by atoms with Crippen molar-refractivity contribution in [2.45, 2.75) is 24.7 Å². The summed E-state index contributed by atoms with van der Waals surface area (Å²) in [6.45, 7) is 0.765. The lowest BCUT2D eigenvalue weighted by atomic mass is 10.2. The van der Waals surface area contributed by atoms with Gasteiger partial charge in [0, 0.05) is 6.54 Å². The van der Waals surface area contributed by atoms with Gasteiger partial charge in [-0.2, -0.15) is 13.2 Å². The molecule has 1 heterocycles. The molecule has 1 aromatic rings. The van der Waals surface area contributed by atoms with Crippen LogP contribution in [-0.2, 0) is 11.0 Å². The van der Waals surface area contributed by atoms with E-state index >= 15 is 0 Å². The molecule has 1 saturated heterocycles. The van der Waals surface area contributed by atoms with Gasteiger partial charge in [0.05, 0.1) is 24.3 Å². The average molecular weight is 318 g/mol. The maximum absolute atomic E-state index is 12.4. The predicted molar refractivity (Wildman–Crippen MR) is 72.4 cm³/mol. The molecule has 0 spiro atoms. The van der Waals surface area contributed by atoms with Crippen LogP contribution >= 0.6 is 0 Å². The van der Waals surface area contributed by atoms with Gasteiger partial charge in [-0.15, -0.1) is 0 Å². The van der Waals surface area contributed by atoms with Crippen LogP contribution in [0.2, 0.25) is 0 Å². The molecule has 1 aromatic carbocycles. The number of hydrogen-bond acceptors (Lipinski definition) is 4.